The van der Waals surface area contributed by atoms with Crippen molar-refractivity contribution in [2.75, 3.05) is 6.61 Å². The van der Waals surface area contributed by atoms with Crippen molar-refractivity contribution in [3.63, 3.8) is 0 Å². The lowest BCUT2D eigenvalue weighted by Crippen LogP contribution is -2.34. The van der Waals surface area contributed by atoms with Crippen molar-refractivity contribution in [1.82, 2.24) is 14.6 Å². The number of aryl methyl sites for hydroxylation is 1. The van der Waals surface area contributed by atoms with E-state index < -0.39 is 24.4 Å². The topological polar surface area (TPSA) is 90.7 Å². The standard InChI is InChI=1S/C15H13N3O5/c1-17-7-6-16-12(17)8-22-9-13(19)23-18-14(20)10-4-2-3-5-11(10)15(18)21/h2-7H,8-9H2,1H3. The maximum Gasteiger partial charge on any atom is 0.358 e. The van der Waals surface area contributed by atoms with Crippen LogP contribution in [0.15, 0.2) is 36.7 Å². The summed E-state index contributed by atoms with van der Waals surface area (Å²) in [5, 5.41) is 0.455. The van der Waals surface area contributed by atoms with Crippen LogP contribution in [0.2, 0.25) is 0 Å². The fourth-order valence-electron chi connectivity index (χ4n) is 2.14. The van der Waals surface area contributed by atoms with Crippen molar-refractivity contribution in [2.45, 2.75) is 6.61 Å². The van der Waals surface area contributed by atoms with Gasteiger partial charge in [0.25, 0.3) is 11.8 Å². The van der Waals surface area contributed by atoms with Gasteiger partial charge in [-0.2, -0.15) is 0 Å². The second kappa shape index (κ2) is 6.01. The number of fused-ring (bicyclic) bond motifs is 1. The Morgan fingerprint density at radius 2 is 1.83 bits per heavy atom. The van der Waals surface area contributed by atoms with Gasteiger partial charge in [0.05, 0.1) is 11.1 Å². The number of rotatable bonds is 5. The number of ether oxygens (including phenoxy) is 1. The molecule has 0 saturated carbocycles. The first-order chi connectivity index (χ1) is 11.1. The molecule has 0 radical (unpaired) electrons. The molecule has 118 valence electrons. The highest BCUT2D eigenvalue weighted by molar-refractivity contribution is 6.20. The van der Waals surface area contributed by atoms with Crippen molar-refractivity contribution >= 4 is 17.8 Å². The van der Waals surface area contributed by atoms with E-state index in [0.29, 0.717) is 10.9 Å². The Bertz CT molecular complexity index is 748. The number of benzene rings is 1. The number of hydrogen-bond acceptors (Lipinski definition) is 6. The second-order valence-electron chi connectivity index (χ2n) is 4.86. The smallest absolute Gasteiger partial charge is 0.358 e. The van der Waals surface area contributed by atoms with Gasteiger partial charge >= 0.3 is 5.97 Å². The number of carbonyl (C=O) groups excluding carboxylic acids is 3. The van der Waals surface area contributed by atoms with Gasteiger partial charge in [-0.25, -0.2) is 9.78 Å². The molecule has 0 bridgehead atoms. The molecule has 0 N–H and O–H groups in total. The highest BCUT2D eigenvalue weighted by Gasteiger charge is 2.38. The summed E-state index contributed by atoms with van der Waals surface area (Å²) in [5.41, 5.74) is 0.415. The first-order valence-electron chi connectivity index (χ1n) is 6.80. The van der Waals surface area contributed by atoms with Crippen LogP contribution in [0.5, 0.6) is 0 Å². The van der Waals surface area contributed by atoms with Crippen LogP contribution in [0.25, 0.3) is 0 Å². The molecular formula is C15H13N3O5. The third kappa shape index (κ3) is 2.84. The van der Waals surface area contributed by atoms with Gasteiger partial charge in [-0.3, -0.25) is 9.59 Å². The van der Waals surface area contributed by atoms with Gasteiger partial charge < -0.3 is 14.1 Å². The average Bonchev–Trinajstić information content (AvgIpc) is 3.05. The maximum atomic E-state index is 12.0. The zero-order valence-corrected chi connectivity index (χ0v) is 12.3. The molecule has 0 unspecified atom stereocenters. The molecule has 2 heterocycles. The lowest BCUT2D eigenvalue weighted by Gasteiger charge is -2.12. The van der Waals surface area contributed by atoms with Crippen LogP contribution >= 0.6 is 0 Å². The van der Waals surface area contributed by atoms with E-state index in [2.05, 4.69) is 4.98 Å². The lowest BCUT2D eigenvalue weighted by atomic mass is 10.1. The predicted octanol–water partition coefficient (Wildman–Crippen LogP) is 0.691. The molecular weight excluding hydrogens is 302 g/mol. The van der Waals surface area contributed by atoms with Crippen LogP contribution in [0, 0.1) is 0 Å². The number of imide groups is 1. The summed E-state index contributed by atoms with van der Waals surface area (Å²) < 4.78 is 6.92. The maximum absolute atomic E-state index is 12.0. The molecule has 0 atom stereocenters. The summed E-state index contributed by atoms with van der Waals surface area (Å²) in [6.45, 7) is -0.291. The Balaban J connectivity index is 1.56. The minimum absolute atomic E-state index is 0.112. The molecule has 1 aromatic carbocycles. The Hall–Kier alpha value is -3.00. The number of imidazole rings is 1. The van der Waals surface area contributed by atoms with Crippen molar-refractivity contribution in [3.8, 4) is 0 Å². The fourth-order valence-corrected chi connectivity index (χ4v) is 2.14. The first kappa shape index (κ1) is 14.9. The molecule has 1 aliphatic rings. The van der Waals surface area contributed by atoms with Gasteiger partial charge in [-0.05, 0) is 12.1 Å². The third-order valence-corrected chi connectivity index (χ3v) is 3.32. The van der Waals surface area contributed by atoms with E-state index in [0.717, 1.165) is 0 Å². The third-order valence-electron chi connectivity index (χ3n) is 3.32. The molecule has 8 nitrogen and oxygen atoms in total. The molecule has 0 saturated heterocycles. The monoisotopic (exact) mass is 315 g/mol. The lowest BCUT2D eigenvalue weighted by molar-refractivity contribution is -0.174. The summed E-state index contributed by atoms with van der Waals surface area (Å²) in [5.74, 6) is -1.53. The van der Waals surface area contributed by atoms with Crippen molar-refractivity contribution < 1.29 is 24.0 Å². The van der Waals surface area contributed by atoms with Crippen molar-refractivity contribution in [2.24, 2.45) is 7.05 Å². The van der Waals surface area contributed by atoms with E-state index in [-0.39, 0.29) is 17.7 Å². The molecule has 2 aromatic rings. The fraction of sp³-hybridized carbons (Fsp3) is 0.200. The molecule has 1 aromatic heterocycles. The van der Waals surface area contributed by atoms with Crippen LogP contribution in [-0.2, 0) is 28.0 Å². The van der Waals surface area contributed by atoms with E-state index in [1.807, 2.05) is 0 Å². The van der Waals surface area contributed by atoms with E-state index in [4.69, 9.17) is 9.57 Å². The van der Waals surface area contributed by atoms with Crippen LogP contribution in [0.4, 0.5) is 0 Å². The summed E-state index contributed by atoms with van der Waals surface area (Å²) in [6, 6.07) is 6.26. The number of hydrogen-bond donors (Lipinski definition) is 0. The number of nitrogens with zero attached hydrogens (tertiary/aromatic N) is 3. The van der Waals surface area contributed by atoms with Crippen LogP contribution in [0.1, 0.15) is 26.5 Å². The predicted molar refractivity (Wildman–Crippen MR) is 75.9 cm³/mol. The molecule has 0 aliphatic carbocycles. The Morgan fingerprint density at radius 3 is 2.39 bits per heavy atom. The van der Waals surface area contributed by atoms with Crippen LogP contribution in [-0.4, -0.2) is 39.0 Å². The summed E-state index contributed by atoms with van der Waals surface area (Å²) in [7, 11) is 1.79. The second-order valence-corrected chi connectivity index (χ2v) is 4.86. The molecule has 0 fully saturated rings. The van der Waals surface area contributed by atoms with Gasteiger partial charge in [0.15, 0.2) is 0 Å². The van der Waals surface area contributed by atoms with Gasteiger partial charge in [0.2, 0.25) is 0 Å². The highest BCUT2D eigenvalue weighted by atomic mass is 16.7. The molecule has 23 heavy (non-hydrogen) atoms. The average molecular weight is 315 g/mol. The highest BCUT2D eigenvalue weighted by Crippen LogP contribution is 2.22. The number of hydroxylamine groups is 2. The molecule has 0 spiro atoms. The normalized spacial score (nSPS) is 13.3. The Labute approximate surface area is 131 Å². The largest absolute Gasteiger partial charge is 0.362 e. The van der Waals surface area contributed by atoms with Crippen molar-refractivity contribution in [3.05, 3.63) is 53.6 Å². The minimum Gasteiger partial charge on any atom is -0.362 e. The van der Waals surface area contributed by atoms with Gasteiger partial charge in [0.1, 0.15) is 19.0 Å². The quantitative estimate of drug-likeness (QED) is 0.754. The van der Waals surface area contributed by atoms with Crippen LogP contribution in [0.3, 0.4) is 0 Å². The molecule has 8 heteroatoms. The van der Waals surface area contributed by atoms with Gasteiger partial charge in [-0.15, -0.1) is 0 Å². The SMILES string of the molecule is Cn1ccnc1COCC(=O)ON1C(=O)c2ccccc2C1=O. The van der Waals surface area contributed by atoms with Crippen LogP contribution < -0.4 is 0 Å². The number of aromatic nitrogens is 2. The summed E-state index contributed by atoms with van der Waals surface area (Å²) >= 11 is 0. The summed E-state index contributed by atoms with van der Waals surface area (Å²) in [4.78, 5) is 44.6. The zero-order chi connectivity index (χ0) is 16.4. The first-order valence-corrected chi connectivity index (χ1v) is 6.80. The van der Waals surface area contributed by atoms with E-state index in [1.165, 1.54) is 12.1 Å². The molecule has 1 aliphatic heterocycles. The number of carbonyl (C=O) groups is 3. The molecule has 2 amide bonds. The van der Waals surface area contributed by atoms with Crippen molar-refractivity contribution in [1.29, 1.82) is 0 Å². The van der Waals surface area contributed by atoms with Gasteiger partial charge in [0, 0.05) is 19.4 Å². The minimum atomic E-state index is -0.839. The zero-order valence-electron chi connectivity index (χ0n) is 12.3. The number of amides is 2. The van der Waals surface area contributed by atoms with E-state index >= 15 is 0 Å². The van der Waals surface area contributed by atoms with E-state index in [9.17, 15) is 14.4 Å². The molecule has 3 rings (SSSR count). The van der Waals surface area contributed by atoms with E-state index in [1.54, 1.807) is 36.1 Å². The summed E-state index contributed by atoms with van der Waals surface area (Å²) in [6.07, 6.45) is 3.35. The Kier molecular flexibility index (Phi) is 3.90. The Morgan fingerprint density at radius 1 is 1.17 bits per heavy atom. The van der Waals surface area contributed by atoms with Gasteiger partial charge in [-0.1, -0.05) is 17.2 Å².